The van der Waals surface area contributed by atoms with Gasteiger partial charge in [-0.3, -0.25) is 9.69 Å². The molecule has 8 heteroatoms. The van der Waals surface area contributed by atoms with Crippen LogP contribution < -0.4 is 0 Å². The molecule has 3 nitrogen and oxygen atoms in total. The fraction of sp³-hybridized carbons (Fsp3) is 0.278. The Morgan fingerprint density at radius 1 is 1.19 bits per heavy atom. The monoisotopic (exact) mass is 405 g/mol. The van der Waals surface area contributed by atoms with Crippen LogP contribution in [0.3, 0.4) is 0 Å². The molecule has 1 atom stereocenters. The number of fused-ring (bicyclic) bond motifs is 1. The van der Waals surface area contributed by atoms with Gasteiger partial charge in [-0.05, 0) is 47.4 Å². The van der Waals surface area contributed by atoms with Gasteiger partial charge >= 0.3 is 12.1 Å². The van der Waals surface area contributed by atoms with E-state index in [4.69, 9.17) is 11.6 Å². The first kappa shape index (κ1) is 20.6. The lowest BCUT2D eigenvalue weighted by Gasteiger charge is -2.34. The highest BCUT2D eigenvalue weighted by Crippen LogP contribution is 2.33. The van der Waals surface area contributed by atoms with Gasteiger partial charge in [-0.2, -0.15) is 13.2 Å². The van der Waals surface area contributed by atoms with Gasteiger partial charge in [0.2, 0.25) is 0 Å². The third-order valence-electron chi connectivity index (χ3n) is 4.32. The molecule has 2 aromatic carbocycles. The molecule has 140 valence electrons. The molecule has 0 amide bonds. The summed E-state index contributed by atoms with van der Waals surface area (Å²) in [5, 5.41) is 10.0. The molecule has 0 fully saturated rings. The van der Waals surface area contributed by atoms with E-state index < -0.39 is 23.8 Å². The van der Waals surface area contributed by atoms with E-state index in [9.17, 15) is 23.1 Å². The molecular formula is C18H16Cl2F3NO2. The Labute approximate surface area is 159 Å². The van der Waals surface area contributed by atoms with Crippen molar-refractivity contribution in [3.05, 3.63) is 69.7 Å². The molecule has 0 radical (unpaired) electrons. The molecular weight excluding hydrogens is 390 g/mol. The SMILES string of the molecule is Cl.O=C(O)C1Cc2ccc(C(F)(F)F)cc2CN1Cc1cccc(Cl)c1. The third kappa shape index (κ3) is 4.50. The van der Waals surface area contributed by atoms with Crippen molar-refractivity contribution in [3.63, 3.8) is 0 Å². The Morgan fingerprint density at radius 2 is 1.92 bits per heavy atom. The lowest BCUT2D eigenvalue weighted by Crippen LogP contribution is -2.45. The van der Waals surface area contributed by atoms with E-state index in [1.807, 2.05) is 6.07 Å². The number of nitrogens with zero attached hydrogens (tertiary/aromatic N) is 1. The predicted molar refractivity (Wildman–Crippen MR) is 94.5 cm³/mol. The Kier molecular flexibility index (Phi) is 6.21. The van der Waals surface area contributed by atoms with E-state index in [0.29, 0.717) is 22.7 Å². The smallest absolute Gasteiger partial charge is 0.416 e. The van der Waals surface area contributed by atoms with Crippen LogP contribution >= 0.6 is 24.0 Å². The number of carboxylic acids is 1. The third-order valence-corrected chi connectivity index (χ3v) is 4.56. The zero-order chi connectivity index (χ0) is 18.2. The second-order valence-corrected chi connectivity index (χ2v) is 6.51. The van der Waals surface area contributed by atoms with Crippen LogP contribution in [0.4, 0.5) is 13.2 Å². The quantitative estimate of drug-likeness (QED) is 0.797. The van der Waals surface area contributed by atoms with Crippen LogP contribution in [0.25, 0.3) is 0 Å². The van der Waals surface area contributed by atoms with Gasteiger partial charge < -0.3 is 5.11 Å². The van der Waals surface area contributed by atoms with Crippen molar-refractivity contribution in [1.29, 1.82) is 0 Å². The number of aliphatic carboxylic acids is 1. The number of hydrogen-bond donors (Lipinski definition) is 1. The van der Waals surface area contributed by atoms with Crippen molar-refractivity contribution in [2.45, 2.75) is 31.7 Å². The van der Waals surface area contributed by atoms with E-state index in [2.05, 4.69) is 0 Å². The zero-order valence-electron chi connectivity index (χ0n) is 13.5. The van der Waals surface area contributed by atoms with E-state index in [1.165, 1.54) is 6.07 Å². The van der Waals surface area contributed by atoms with E-state index in [0.717, 1.165) is 17.7 Å². The summed E-state index contributed by atoms with van der Waals surface area (Å²) in [5.41, 5.74) is 1.24. The molecule has 26 heavy (non-hydrogen) atoms. The normalized spacial score (nSPS) is 17.3. The van der Waals surface area contributed by atoms with Crippen LogP contribution in [-0.4, -0.2) is 22.0 Å². The van der Waals surface area contributed by atoms with Crippen LogP contribution in [-0.2, 0) is 30.5 Å². The van der Waals surface area contributed by atoms with Crippen LogP contribution in [0.2, 0.25) is 5.02 Å². The molecule has 1 aliphatic heterocycles. The number of rotatable bonds is 3. The van der Waals surface area contributed by atoms with Gasteiger partial charge in [0.25, 0.3) is 0 Å². The van der Waals surface area contributed by atoms with Gasteiger partial charge in [0.1, 0.15) is 6.04 Å². The summed E-state index contributed by atoms with van der Waals surface area (Å²) in [6.07, 6.45) is -4.25. The van der Waals surface area contributed by atoms with Gasteiger partial charge in [0.05, 0.1) is 5.56 Å². The van der Waals surface area contributed by atoms with Crippen molar-refractivity contribution in [2.75, 3.05) is 0 Å². The lowest BCUT2D eigenvalue weighted by molar-refractivity contribution is -0.144. The van der Waals surface area contributed by atoms with Crippen LogP contribution in [0.5, 0.6) is 0 Å². The maximum Gasteiger partial charge on any atom is 0.416 e. The standard InChI is InChI=1S/C18H15ClF3NO2.ClH/c19-15-3-1-2-11(6-15)9-23-10-13-7-14(18(20,21)22)5-4-12(13)8-16(23)17(24)25;/h1-7,16H,8-10H2,(H,24,25);1H. The zero-order valence-corrected chi connectivity index (χ0v) is 15.0. The van der Waals surface area contributed by atoms with Crippen molar-refractivity contribution >= 4 is 30.0 Å². The Hall–Kier alpha value is -1.76. The maximum absolute atomic E-state index is 12.9. The Morgan fingerprint density at radius 3 is 2.54 bits per heavy atom. The minimum atomic E-state index is -4.42. The molecule has 0 saturated carbocycles. The lowest BCUT2D eigenvalue weighted by atomic mass is 9.92. The van der Waals surface area contributed by atoms with E-state index >= 15 is 0 Å². The van der Waals surface area contributed by atoms with Crippen LogP contribution in [0.15, 0.2) is 42.5 Å². The molecule has 1 unspecified atom stereocenters. The summed E-state index contributed by atoms with van der Waals surface area (Å²) < 4.78 is 38.8. The predicted octanol–water partition coefficient (Wildman–Crippen LogP) is 4.79. The number of carbonyl (C=O) groups is 1. The fourth-order valence-corrected chi connectivity index (χ4v) is 3.31. The van der Waals surface area contributed by atoms with Gasteiger partial charge in [0.15, 0.2) is 0 Å². The molecule has 1 heterocycles. The molecule has 0 bridgehead atoms. The fourth-order valence-electron chi connectivity index (χ4n) is 3.09. The highest BCUT2D eigenvalue weighted by Gasteiger charge is 2.35. The van der Waals surface area contributed by atoms with Gasteiger partial charge in [-0.25, -0.2) is 0 Å². The Balaban J connectivity index is 0.00000243. The Bertz CT molecular complexity index is 811. The van der Waals surface area contributed by atoms with Crippen LogP contribution in [0, 0.1) is 0 Å². The van der Waals surface area contributed by atoms with Crippen molar-refractivity contribution in [2.24, 2.45) is 0 Å². The summed E-state index contributed by atoms with van der Waals surface area (Å²) in [7, 11) is 0. The molecule has 1 aliphatic rings. The van der Waals surface area contributed by atoms with Crippen molar-refractivity contribution < 1.29 is 23.1 Å². The summed E-state index contributed by atoms with van der Waals surface area (Å²) in [4.78, 5) is 13.3. The minimum Gasteiger partial charge on any atom is -0.480 e. The number of halogens is 5. The first-order chi connectivity index (χ1) is 11.7. The number of hydrogen-bond acceptors (Lipinski definition) is 2. The molecule has 0 aliphatic carbocycles. The van der Waals surface area contributed by atoms with Gasteiger partial charge in [-0.15, -0.1) is 12.4 Å². The highest BCUT2D eigenvalue weighted by atomic mass is 35.5. The first-order valence-electron chi connectivity index (χ1n) is 7.64. The molecule has 2 aromatic rings. The average molecular weight is 406 g/mol. The summed E-state index contributed by atoms with van der Waals surface area (Å²) in [5.74, 6) is -0.993. The molecule has 1 N–H and O–H groups in total. The first-order valence-corrected chi connectivity index (χ1v) is 8.02. The van der Waals surface area contributed by atoms with Gasteiger partial charge in [-0.1, -0.05) is 29.8 Å². The van der Waals surface area contributed by atoms with Gasteiger partial charge in [0, 0.05) is 18.1 Å². The summed E-state index contributed by atoms with van der Waals surface area (Å²) in [6, 6.07) is 9.71. The maximum atomic E-state index is 12.9. The molecule has 0 aromatic heterocycles. The minimum absolute atomic E-state index is 0. The topological polar surface area (TPSA) is 40.5 Å². The van der Waals surface area contributed by atoms with Crippen molar-refractivity contribution in [1.82, 2.24) is 4.90 Å². The number of alkyl halides is 3. The molecule has 0 saturated heterocycles. The second kappa shape index (κ2) is 7.86. The largest absolute Gasteiger partial charge is 0.480 e. The van der Waals surface area contributed by atoms with Crippen LogP contribution in [0.1, 0.15) is 22.3 Å². The van der Waals surface area contributed by atoms with E-state index in [-0.39, 0.29) is 25.4 Å². The number of benzene rings is 2. The molecule has 0 spiro atoms. The average Bonchev–Trinajstić information content (AvgIpc) is 2.52. The van der Waals surface area contributed by atoms with Crippen molar-refractivity contribution in [3.8, 4) is 0 Å². The second-order valence-electron chi connectivity index (χ2n) is 6.07. The van der Waals surface area contributed by atoms with E-state index in [1.54, 1.807) is 23.1 Å². The summed E-state index contributed by atoms with van der Waals surface area (Å²) >= 11 is 5.95. The molecule has 3 rings (SSSR count). The summed E-state index contributed by atoms with van der Waals surface area (Å²) in [6.45, 7) is 0.440. The highest BCUT2D eigenvalue weighted by molar-refractivity contribution is 6.30. The number of carboxylic acid groups (broad SMARTS) is 1.